The number of hydrogen-bond acceptors (Lipinski definition) is 5. The number of carboxylic acids is 2. The van der Waals surface area contributed by atoms with Crippen LogP contribution in [-0.2, 0) is 9.59 Å². The smallest absolute Gasteiger partial charge is 0.303 e. The van der Waals surface area contributed by atoms with Crippen molar-refractivity contribution in [3.63, 3.8) is 0 Å². The van der Waals surface area contributed by atoms with Gasteiger partial charge in [-0.05, 0) is 57.3 Å². The molecule has 0 heterocycles. The molecule has 0 aromatic carbocycles. The van der Waals surface area contributed by atoms with Gasteiger partial charge >= 0.3 is 11.9 Å². The van der Waals surface area contributed by atoms with Gasteiger partial charge in [0.2, 0.25) is 0 Å². The Balaban J connectivity index is 3.77. The molecule has 0 spiro atoms. The summed E-state index contributed by atoms with van der Waals surface area (Å²) >= 11 is 0. The molecule has 5 N–H and O–H groups in total. The van der Waals surface area contributed by atoms with E-state index in [4.69, 9.17) is 10.2 Å². The molecule has 7 heteroatoms. The number of rotatable bonds is 44. The molecule has 0 bridgehead atoms. The number of aliphatic hydroxyl groups is 3. The Bertz CT molecular complexity index is 801. The van der Waals surface area contributed by atoms with E-state index >= 15 is 0 Å². The zero-order valence-electron chi connectivity index (χ0n) is 34.6. The summed E-state index contributed by atoms with van der Waals surface area (Å²) in [6.45, 7) is -0.439. The van der Waals surface area contributed by atoms with Crippen molar-refractivity contribution in [2.75, 3.05) is 19.8 Å². The van der Waals surface area contributed by atoms with Gasteiger partial charge in [0.05, 0.1) is 19.8 Å². The van der Waals surface area contributed by atoms with E-state index in [1.54, 1.807) is 0 Å². The van der Waals surface area contributed by atoms with Crippen LogP contribution in [0, 0.1) is 11.3 Å². The predicted molar refractivity (Wildman–Crippen MR) is 222 cm³/mol. The third kappa shape index (κ3) is 34.8. The molecular weight excluding hydrogens is 664 g/mol. The lowest BCUT2D eigenvalue weighted by Crippen LogP contribution is -2.41. The number of aliphatic carboxylic acids is 2. The Morgan fingerprint density at radius 3 is 0.830 bits per heavy atom. The Morgan fingerprint density at radius 2 is 0.585 bits per heavy atom. The summed E-state index contributed by atoms with van der Waals surface area (Å²) in [6.07, 6.45) is 47.5. The molecule has 0 aromatic heterocycles. The summed E-state index contributed by atoms with van der Waals surface area (Å²) in [6, 6.07) is 0. The fourth-order valence-corrected chi connectivity index (χ4v) is 7.81. The Hall–Kier alpha value is -1.44. The third-order valence-corrected chi connectivity index (χ3v) is 11.6. The molecule has 7 nitrogen and oxygen atoms in total. The first-order valence-electron chi connectivity index (χ1n) is 22.8. The lowest BCUT2D eigenvalue weighted by molar-refractivity contribution is -0.138. The Morgan fingerprint density at radius 1 is 0.358 bits per heavy atom. The van der Waals surface area contributed by atoms with Crippen LogP contribution in [0.5, 0.6) is 0 Å². The molecule has 1 atom stereocenters. The normalized spacial score (nSPS) is 12.6. The molecule has 314 valence electrons. The SMILES string of the molecule is O=C(O)CCCCCCC/C=C\CCCCCCCCCC(CCCCCCCCCCCCCCCCCCCCCC(=O)O)C(CO)(CO)CO. The van der Waals surface area contributed by atoms with Crippen molar-refractivity contribution >= 4 is 11.9 Å². The van der Waals surface area contributed by atoms with Gasteiger partial charge in [0, 0.05) is 18.3 Å². The molecule has 0 aliphatic heterocycles. The van der Waals surface area contributed by atoms with Crippen molar-refractivity contribution in [3.05, 3.63) is 12.2 Å². The zero-order valence-corrected chi connectivity index (χ0v) is 34.6. The van der Waals surface area contributed by atoms with Gasteiger partial charge in [-0.25, -0.2) is 0 Å². The average Bonchev–Trinajstić information content (AvgIpc) is 3.15. The number of unbranched alkanes of at least 4 members (excludes halogenated alkanes) is 30. The summed E-state index contributed by atoms with van der Waals surface area (Å²) in [5, 5.41) is 47.7. The second-order valence-electron chi connectivity index (χ2n) is 16.4. The van der Waals surface area contributed by atoms with E-state index in [2.05, 4.69) is 12.2 Å². The predicted octanol–water partition coefficient (Wildman–Crippen LogP) is 12.7. The fourth-order valence-electron chi connectivity index (χ4n) is 7.81. The molecule has 0 rings (SSSR count). The van der Waals surface area contributed by atoms with Gasteiger partial charge in [-0.2, -0.15) is 0 Å². The number of aliphatic hydroxyl groups excluding tert-OH is 3. The topological polar surface area (TPSA) is 135 Å². The van der Waals surface area contributed by atoms with Crippen molar-refractivity contribution in [2.24, 2.45) is 11.3 Å². The van der Waals surface area contributed by atoms with Crippen molar-refractivity contribution in [2.45, 2.75) is 238 Å². The standard InChI is InChI=1S/C46H88O7/c47-40-46(41-48,42-49)43(37-33-29-25-21-17-13-9-6-7-11-15-19-23-27-31-35-39-45(52)53)36-32-28-24-20-16-12-8-4-2-1-3-5-10-14-18-22-26-30-34-38-44(50)51/h7,11,43,47-49H,1-6,8-10,12-42H2,(H,50,51)(H,52,53)/b11-7-. The van der Waals surface area contributed by atoms with Crippen molar-refractivity contribution in [1.29, 1.82) is 0 Å². The first kappa shape index (κ1) is 51.6. The third-order valence-electron chi connectivity index (χ3n) is 11.6. The van der Waals surface area contributed by atoms with E-state index in [0.717, 1.165) is 70.6 Å². The van der Waals surface area contributed by atoms with E-state index in [1.165, 1.54) is 154 Å². The minimum atomic E-state index is -0.763. The van der Waals surface area contributed by atoms with Gasteiger partial charge < -0.3 is 25.5 Å². The highest BCUT2D eigenvalue weighted by Gasteiger charge is 2.36. The maximum Gasteiger partial charge on any atom is 0.303 e. The van der Waals surface area contributed by atoms with Gasteiger partial charge in [0.1, 0.15) is 0 Å². The van der Waals surface area contributed by atoms with Gasteiger partial charge in [-0.1, -0.05) is 186 Å². The highest BCUT2D eigenvalue weighted by Crippen LogP contribution is 2.35. The average molecular weight is 753 g/mol. The molecule has 0 fully saturated rings. The number of allylic oxidation sites excluding steroid dienone is 2. The molecule has 0 aliphatic rings. The summed E-state index contributed by atoms with van der Waals surface area (Å²) in [5.41, 5.74) is -0.763. The maximum absolute atomic E-state index is 10.5. The van der Waals surface area contributed by atoms with Crippen LogP contribution in [0.2, 0.25) is 0 Å². The molecule has 0 radical (unpaired) electrons. The number of hydrogen-bond donors (Lipinski definition) is 5. The van der Waals surface area contributed by atoms with Crippen LogP contribution >= 0.6 is 0 Å². The summed E-state index contributed by atoms with van der Waals surface area (Å²) in [5.74, 6) is -1.18. The van der Waals surface area contributed by atoms with Crippen molar-refractivity contribution in [3.8, 4) is 0 Å². The van der Waals surface area contributed by atoms with Gasteiger partial charge in [0.15, 0.2) is 0 Å². The lowest BCUT2D eigenvalue weighted by Gasteiger charge is -2.37. The van der Waals surface area contributed by atoms with Crippen molar-refractivity contribution in [1.82, 2.24) is 0 Å². The summed E-state index contributed by atoms with van der Waals surface area (Å²) in [7, 11) is 0. The molecule has 0 saturated heterocycles. The van der Waals surface area contributed by atoms with Crippen LogP contribution in [-0.4, -0.2) is 57.3 Å². The first-order valence-corrected chi connectivity index (χ1v) is 22.8. The van der Waals surface area contributed by atoms with Crippen LogP contribution < -0.4 is 0 Å². The zero-order chi connectivity index (χ0) is 38.9. The van der Waals surface area contributed by atoms with Gasteiger partial charge in [-0.3, -0.25) is 9.59 Å². The highest BCUT2D eigenvalue weighted by molar-refractivity contribution is 5.66. The number of carbonyl (C=O) groups is 2. The summed E-state index contributed by atoms with van der Waals surface area (Å²) < 4.78 is 0. The van der Waals surface area contributed by atoms with Crippen LogP contribution in [0.15, 0.2) is 12.2 Å². The molecule has 0 aliphatic carbocycles. The van der Waals surface area contributed by atoms with E-state index in [0.29, 0.717) is 12.8 Å². The highest BCUT2D eigenvalue weighted by atomic mass is 16.4. The molecule has 0 amide bonds. The summed E-state index contributed by atoms with van der Waals surface area (Å²) in [4.78, 5) is 21.1. The maximum atomic E-state index is 10.5. The van der Waals surface area contributed by atoms with Crippen LogP contribution in [0.1, 0.15) is 238 Å². The molecule has 1 unspecified atom stereocenters. The second kappa shape index (κ2) is 40.2. The quantitative estimate of drug-likeness (QED) is 0.0309. The van der Waals surface area contributed by atoms with E-state index in [9.17, 15) is 24.9 Å². The van der Waals surface area contributed by atoms with Crippen LogP contribution in [0.4, 0.5) is 0 Å². The molecular formula is C46H88O7. The first-order chi connectivity index (χ1) is 25.9. The number of carboxylic acid groups (broad SMARTS) is 2. The molecule has 0 saturated carbocycles. The lowest BCUT2D eigenvalue weighted by atomic mass is 9.72. The van der Waals surface area contributed by atoms with E-state index in [-0.39, 0.29) is 25.7 Å². The minimum absolute atomic E-state index is 0.146. The van der Waals surface area contributed by atoms with Crippen LogP contribution in [0.3, 0.4) is 0 Å². The van der Waals surface area contributed by atoms with E-state index < -0.39 is 17.4 Å². The van der Waals surface area contributed by atoms with Crippen LogP contribution in [0.25, 0.3) is 0 Å². The van der Waals surface area contributed by atoms with Crippen molar-refractivity contribution < 1.29 is 35.1 Å². The minimum Gasteiger partial charge on any atom is -0.481 e. The fraction of sp³-hybridized carbons (Fsp3) is 0.913. The Kier molecular flexibility index (Phi) is 39.1. The van der Waals surface area contributed by atoms with Gasteiger partial charge in [-0.15, -0.1) is 0 Å². The van der Waals surface area contributed by atoms with E-state index in [1.807, 2.05) is 0 Å². The molecule has 53 heavy (non-hydrogen) atoms. The molecule has 0 aromatic rings. The monoisotopic (exact) mass is 753 g/mol. The largest absolute Gasteiger partial charge is 0.481 e. The van der Waals surface area contributed by atoms with Gasteiger partial charge in [0.25, 0.3) is 0 Å². The Labute approximate surface area is 327 Å². The second-order valence-corrected chi connectivity index (χ2v) is 16.4.